The fourth-order valence-electron chi connectivity index (χ4n) is 0.436. The summed E-state index contributed by atoms with van der Waals surface area (Å²) in [5.74, 6) is 0. The Labute approximate surface area is 64.9 Å². The zero-order valence-corrected chi connectivity index (χ0v) is 6.57. The minimum Gasteiger partial charge on any atom is -0.438 e. The zero-order chi connectivity index (χ0) is 8.69. The molecule has 11 heavy (non-hydrogen) atoms. The van der Waals surface area contributed by atoms with E-state index in [2.05, 4.69) is 9.47 Å². The van der Waals surface area contributed by atoms with Crippen molar-refractivity contribution >= 4 is 6.16 Å². The molecule has 0 amide bonds. The lowest BCUT2D eigenvalue weighted by molar-refractivity contribution is -0.114. The highest BCUT2D eigenvalue weighted by Crippen LogP contribution is 1.94. The number of ether oxygens (including phenoxy) is 3. The van der Waals surface area contributed by atoms with E-state index in [1.54, 1.807) is 0 Å². The Balaban J connectivity index is 3.35. The Hall–Kier alpha value is -0.810. The predicted octanol–water partition coefficient (Wildman–Crippen LogP) is 0.124. The maximum Gasteiger partial charge on any atom is 0.510 e. The van der Waals surface area contributed by atoms with Gasteiger partial charge in [-0.1, -0.05) is 0 Å². The highest BCUT2D eigenvalue weighted by Gasteiger charge is 2.07. The first kappa shape index (κ1) is 10.2. The average molecular weight is 164 g/mol. The molecule has 66 valence electrons. The number of aliphatic hydroxyl groups excluding tert-OH is 1. The van der Waals surface area contributed by atoms with E-state index in [1.807, 2.05) is 0 Å². The lowest BCUT2D eigenvalue weighted by Gasteiger charge is -2.11. The van der Waals surface area contributed by atoms with Gasteiger partial charge in [-0.2, -0.15) is 0 Å². The predicted molar refractivity (Wildman–Crippen MR) is 36.0 cm³/mol. The Morgan fingerprint density at radius 1 is 1.64 bits per heavy atom. The molecule has 0 fully saturated rings. The summed E-state index contributed by atoms with van der Waals surface area (Å²) in [5.41, 5.74) is 0. The summed E-state index contributed by atoms with van der Waals surface area (Å²) in [6.07, 6.45) is -1.48. The van der Waals surface area contributed by atoms with Gasteiger partial charge in [0, 0.05) is 0 Å². The number of carbonyl (C=O) groups excluding carboxylic acids is 1. The van der Waals surface area contributed by atoms with Gasteiger partial charge in [0.15, 0.2) is 0 Å². The van der Waals surface area contributed by atoms with Gasteiger partial charge in [0.25, 0.3) is 0 Å². The normalized spacial score (nSPS) is 12.3. The van der Waals surface area contributed by atoms with Gasteiger partial charge >= 0.3 is 6.16 Å². The van der Waals surface area contributed by atoms with E-state index in [0.717, 1.165) is 0 Å². The van der Waals surface area contributed by atoms with Gasteiger partial charge in [0.1, 0.15) is 0 Å². The third-order valence-corrected chi connectivity index (χ3v) is 0.873. The molecule has 0 rings (SSSR count). The van der Waals surface area contributed by atoms with E-state index in [9.17, 15) is 4.79 Å². The molecule has 0 heterocycles. The average Bonchev–Trinajstić information content (AvgIpc) is 2.00. The standard InChI is InChI=1S/C6H12O5/c1-5(10-4-3-7)11-6(8)9-2/h5,7H,3-4H2,1-2H3. The first-order valence-electron chi connectivity index (χ1n) is 3.17. The third-order valence-electron chi connectivity index (χ3n) is 0.873. The number of hydrogen-bond donors (Lipinski definition) is 1. The highest BCUT2D eigenvalue weighted by molar-refractivity contribution is 5.59. The van der Waals surface area contributed by atoms with Crippen LogP contribution >= 0.6 is 0 Å². The molecule has 1 atom stereocenters. The van der Waals surface area contributed by atoms with Crippen LogP contribution in [-0.2, 0) is 14.2 Å². The summed E-state index contributed by atoms with van der Waals surface area (Å²) in [4.78, 5) is 10.4. The van der Waals surface area contributed by atoms with E-state index in [4.69, 9.17) is 9.84 Å². The molecule has 0 aromatic rings. The van der Waals surface area contributed by atoms with Crippen LogP contribution in [-0.4, -0.2) is 37.9 Å². The van der Waals surface area contributed by atoms with Crippen LogP contribution in [0.25, 0.3) is 0 Å². The molecule has 1 unspecified atom stereocenters. The van der Waals surface area contributed by atoms with Gasteiger partial charge in [0.05, 0.1) is 20.3 Å². The van der Waals surface area contributed by atoms with Crippen molar-refractivity contribution < 1.29 is 24.1 Å². The topological polar surface area (TPSA) is 65.0 Å². The van der Waals surface area contributed by atoms with Crippen molar-refractivity contribution in [1.29, 1.82) is 0 Å². The van der Waals surface area contributed by atoms with Crippen LogP contribution in [0.5, 0.6) is 0 Å². The summed E-state index contributed by atoms with van der Waals surface area (Å²) < 4.78 is 13.5. The SMILES string of the molecule is COC(=O)OC(C)OCCO. The largest absolute Gasteiger partial charge is 0.510 e. The second kappa shape index (κ2) is 5.94. The summed E-state index contributed by atoms with van der Waals surface area (Å²) in [6.45, 7) is 1.57. The maximum atomic E-state index is 10.4. The van der Waals surface area contributed by atoms with E-state index in [1.165, 1.54) is 14.0 Å². The number of hydrogen-bond acceptors (Lipinski definition) is 5. The van der Waals surface area contributed by atoms with Gasteiger partial charge in [-0.25, -0.2) is 4.79 Å². The minimum atomic E-state index is -0.796. The highest BCUT2D eigenvalue weighted by atomic mass is 16.8. The van der Waals surface area contributed by atoms with Crippen molar-refractivity contribution in [1.82, 2.24) is 0 Å². The molecular formula is C6H12O5. The van der Waals surface area contributed by atoms with Crippen molar-refractivity contribution in [2.45, 2.75) is 13.2 Å². The summed E-state index contributed by atoms with van der Waals surface area (Å²) >= 11 is 0. The molecule has 0 aromatic carbocycles. The Morgan fingerprint density at radius 3 is 2.73 bits per heavy atom. The van der Waals surface area contributed by atoms with Gasteiger partial charge in [-0.3, -0.25) is 0 Å². The number of carbonyl (C=O) groups is 1. The lowest BCUT2D eigenvalue weighted by atomic mass is 10.7. The van der Waals surface area contributed by atoms with Crippen LogP contribution in [0.3, 0.4) is 0 Å². The fraction of sp³-hybridized carbons (Fsp3) is 0.833. The molecule has 1 N–H and O–H groups in total. The van der Waals surface area contributed by atoms with Crippen molar-refractivity contribution in [3.63, 3.8) is 0 Å². The monoisotopic (exact) mass is 164 g/mol. The molecule has 5 nitrogen and oxygen atoms in total. The van der Waals surface area contributed by atoms with E-state index in [0.29, 0.717) is 0 Å². The number of rotatable bonds is 4. The molecule has 0 saturated heterocycles. The molecule has 0 spiro atoms. The van der Waals surface area contributed by atoms with Crippen molar-refractivity contribution in [3.05, 3.63) is 0 Å². The number of methoxy groups -OCH3 is 1. The number of aliphatic hydroxyl groups is 1. The Kier molecular flexibility index (Phi) is 5.50. The van der Waals surface area contributed by atoms with Crippen molar-refractivity contribution in [3.8, 4) is 0 Å². The van der Waals surface area contributed by atoms with E-state index >= 15 is 0 Å². The van der Waals surface area contributed by atoms with Gasteiger partial charge < -0.3 is 19.3 Å². The second-order valence-corrected chi connectivity index (χ2v) is 1.73. The quantitative estimate of drug-likeness (QED) is 0.472. The van der Waals surface area contributed by atoms with Gasteiger partial charge in [-0.15, -0.1) is 0 Å². The molecular weight excluding hydrogens is 152 g/mol. The Bertz CT molecular complexity index is 114. The maximum absolute atomic E-state index is 10.4. The first-order chi connectivity index (χ1) is 5.20. The van der Waals surface area contributed by atoms with Crippen LogP contribution in [0, 0.1) is 0 Å². The molecule has 0 bridgehead atoms. The molecule has 0 saturated carbocycles. The first-order valence-corrected chi connectivity index (χ1v) is 3.17. The van der Waals surface area contributed by atoms with Crippen LogP contribution < -0.4 is 0 Å². The second-order valence-electron chi connectivity index (χ2n) is 1.73. The summed E-state index contributed by atoms with van der Waals surface area (Å²) in [7, 11) is 1.21. The summed E-state index contributed by atoms with van der Waals surface area (Å²) in [5, 5.41) is 8.31. The van der Waals surface area contributed by atoms with Crippen LogP contribution in [0.15, 0.2) is 0 Å². The van der Waals surface area contributed by atoms with Crippen LogP contribution in [0.1, 0.15) is 6.92 Å². The molecule has 0 aliphatic heterocycles. The molecule has 0 aliphatic carbocycles. The summed E-state index contributed by atoms with van der Waals surface area (Å²) in [6, 6.07) is 0. The van der Waals surface area contributed by atoms with Gasteiger partial charge in [-0.05, 0) is 6.92 Å². The molecule has 0 radical (unpaired) electrons. The smallest absolute Gasteiger partial charge is 0.438 e. The van der Waals surface area contributed by atoms with Crippen molar-refractivity contribution in [2.75, 3.05) is 20.3 Å². The van der Waals surface area contributed by atoms with E-state index in [-0.39, 0.29) is 13.2 Å². The van der Waals surface area contributed by atoms with Crippen molar-refractivity contribution in [2.24, 2.45) is 0 Å². The van der Waals surface area contributed by atoms with Crippen LogP contribution in [0.2, 0.25) is 0 Å². The fourth-order valence-corrected chi connectivity index (χ4v) is 0.436. The van der Waals surface area contributed by atoms with Gasteiger partial charge in [0.2, 0.25) is 6.29 Å². The Morgan fingerprint density at radius 2 is 2.27 bits per heavy atom. The van der Waals surface area contributed by atoms with Crippen LogP contribution in [0.4, 0.5) is 4.79 Å². The zero-order valence-electron chi connectivity index (χ0n) is 6.57. The van der Waals surface area contributed by atoms with E-state index < -0.39 is 12.4 Å². The lowest BCUT2D eigenvalue weighted by Crippen LogP contribution is -2.19. The molecule has 0 aliphatic rings. The molecule has 5 heteroatoms. The minimum absolute atomic E-state index is 0.102. The molecule has 0 aromatic heterocycles. The third kappa shape index (κ3) is 5.63.